The third kappa shape index (κ3) is 3.07. The van der Waals surface area contributed by atoms with Gasteiger partial charge in [-0.3, -0.25) is 0 Å². The lowest BCUT2D eigenvalue weighted by Crippen LogP contribution is -2.08. The van der Waals surface area contributed by atoms with Crippen molar-refractivity contribution in [2.75, 3.05) is 11.6 Å². The number of anilines is 1. The first-order valence-corrected chi connectivity index (χ1v) is 7.44. The maximum absolute atomic E-state index is 4.40. The van der Waals surface area contributed by atoms with Gasteiger partial charge in [0.25, 0.3) is 0 Å². The van der Waals surface area contributed by atoms with E-state index < -0.39 is 0 Å². The summed E-state index contributed by atoms with van der Waals surface area (Å²) in [6, 6.07) is 8.36. The molecule has 0 saturated carbocycles. The fraction of sp³-hybridized carbons (Fsp3) is 0.357. The average Bonchev–Trinajstić information content (AvgIpc) is 2.84. The van der Waals surface area contributed by atoms with Crippen molar-refractivity contribution in [1.29, 1.82) is 0 Å². The molecule has 1 heterocycles. The van der Waals surface area contributed by atoms with E-state index >= 15 is 0 Å². The summed E-state index contributed by atoms with van der Waals surface area (Å²) in [5.74, 6) is 1.09. The van der Waals surface area contributed by atoms with Crippen molar-refractivity contribution < 1.29 is 0 Å². The summed E-state index contributed by atoms with van der Waals surface area (Å²) in [6.07, 6.45) is 7.14. The number of hydrogen-bond acceptors (Lipinski definition) is 3. The molecule has 2 rings (SSSR count). The lowest BCUT2D eigenvalue weighted by molar-refractivity contribution is 0.644. The van der Waals surface area contributed by atoms with Crippen LogP contribution in [0, 0.1) is 0 Å². The van der Waals surface area contributed by atoms with Gasteiger partial charge in [-0.15, -0.1) is 11.8 Å². The Bertz CT molecular complexity index is 493. The van der Waals surface area contributed by atoms with Gasteiger partial charge in [0.05, 0.1) is 6.54 Å². The zero-order valence-electron chi connectivity index (χ0n) is 10.9. The molecule has 0 atom stereocenters. The van der Waals surface area contributed by atoms with E-state index in [4.69, 9.17) is 0 Å². The Labute approximate surface area is 113 Å². The minimum absolute atomic E-state index is 0.768. The van der Waals surface area contributed by atoms with Gasteiger partial charge in [0, 0.05) is 29.5 Å². The van der Waals surface area contributed by atoms with Crippen LogP contribution in [0.5, 0.6) is 0 Å². The maximum Gasteiger partial charge on any atom is 0.128 e. The number of aromatic nitrogens is 2. The van der Waals surface area contributed by atoms with Crippen molar-refractivity contribution in [3.05, 3.63) is 42.5 Å². The van der Waals surface area contributed by atoms with Gasteiger partial charge in [0.1, 0.15) is 5.82 Å². The molecular formula is C14H19N3S. The molecule has 0 unspecified atom stereocenters. The lowest BCUT2D eigenvalue weighted by atomic mass is 10.3. The molecule has 0 aliphatic carbocycles. The van der Waals surface area contributed by atoms with Gasteiger partial charge >= 0.3 is 0 Å². The first-order valence-electron chi connectivity index (χ1n) is 6.22. The van der Waals surface area contributed by atoms with E-state index in [0.717, 1.165) is 25.3 Å². The summed E-state index contributed by atoms with van der Waals surface area (Å²) in [5.41, 5.74) is 1.18. The van der Waals surface area contributed by atoms with E-state index in [9.17, 15) is 0 Å². The fourth-order valence-electron chi connectivity index (χ4n) is 1.92. The van der Waals surface area contributed by atoms with Crippen LogP contribution in [-0.4, -0.2) is 15.8 Å². The van der Waals surface area contributed by atoms with Gasteiger partial charge < -0.3 is 9.88 Å². The second-order valence-corrected chi connectivity index (χ2v) is 4.94. The van der Waals surface area contributed by atoms with Crippen LogP contribution in [0.2, 0.25) is 0 Å². The predicted octanol–water partition coefficient (Wildman–Crippen LogP) is 3.63. The largest absolute Gasteiger partial charge is 0.377 e. The van der Waals surface area contributed by atoms with E-state index in [1.54, 1.807) is 11.8 Å². The van der Waals surface area contributed by atoms with Crippen LogP contribution in [0.4, 0.5) is 5.69 Å². The molecule has 0 bridgehead atoms. The summed E-state index contributed by atoms with van der Waals surface area (Å²) in [6.45, 7) is 3.98. The zero-order valence-corrected chi connectivity index (χ0v) is 11.7. The number of hydrogen-bond donors (Lipinski definition) is 1. The Hall–Kier alpha value is -1.42. The first-order chi connectivity index (χ1) is 8.85. The summed E-state index contributed by atoms with van der Waals surface area (Å²) >= 11 is 1.76. The number of thioether (sulfide) groups is 1. The summed E-state index contributed by atoms with van der Waals surface area (Å²) in [5, 5.41) is 3.46. The van der Waals surface area contributed by atoms with Gasteiger partial charge in [-0.05, 0) is 24.8 Å². The number of nitrogens with zero attached hydrogens (tertiary/aromatic N) is 2. The van der Waals surface area contributed by atoms with Gasteiger partial charge in [0.15, 0.2) is 0 Å². The maximum atomic E-state index is 4.40. The molecule has 1 aromatic heterocycles. The minimum atomic E-state index is 0.768. The number of aryl methyl sites for hydroxylation is 1. The second kappa shape index (κ2) is 6.50. The Balaban J connectivity index is 2.04. The third-order valence-corrected chi connectivity index (χ3v) is 3.61. The van der Waals surface area contributed by atoms with Gasteiger partial charge in [-0.2, -0.15) is 0 Å². The van der Waals surface area contributed by atoms with Crippen molar-refractivity contribution in [3.63, 3.8) is 0 Å². The second-order valence-electron chi connectivity index (χ2n) is 4.09. The SMILES string of the molecule is CCCn1ccnc1CNc1ccccc1SC. The van der Waals surface area contributed by atoms with Crippen LogP contribution >= 0.6 is 11.8 Å². The number of imidazole rings is 1. The molecule has 1 N–H and O–H groups in total. The fourth-order valence-corrected chi connectivity index (χ4v) is 2.49. The van der Waals surface area contributed by atoms with E-state index in [-0.39, 0.29) is 0 Å². The smallest absolute Gasteiger partial charge is 0.128 e. The summed E-state index contributed by atoms with van der Waals surface area (Å²) in [4.78, 5) is 5.67. The Morgan fingerprint density at radius 2 is 2.17 bits per heavy atom. The summed E-state index contributed by atoms with van der Waals surface area (Å²) in [7, 11) is 0. The molecule has 4 heteroatoms. The standard InChI is InChI=1S/C14H19N3S/c1-3-9-17-10-8-15-14(17)11-16-12-6-4-5-7-13(12)18-2/h4-8,10,16H,3,9,11H2,1-2H3. The highest BCUT2D eigenvalue weighted by atomic mass is 32.2. The number of benzene rings is 1. The Kier molecular flexibility index (Phi) is 4.70. The molecule has 3 nitrogen and oxygen atoms in total. The molecule has 1 aromatic carbocycles. The van der Waals surface area contributed by atoms with Crippen LogP contribution in [0.1, 0.15) is 19.2 Å². The third-order valence-electron chi connectivity index (χ3n) is 2.81. The van der Waals surface area contributed by atoms with Crippen molar-refractivity contribution >= 4 is 17.4 Å². The van der Waals surface area contributed by atoms with E-state index in [2.05, 4.69) is 52.3 Å². The number of rotatable bonds is 6. The number of para-hydroxylation sites is 1. The monoisotopic (exact) mass is 261 g/mol. The zero-order chi connectivity index (χ0) is 12.8. The van der Waals surface area contributed by atoms with Crippen LogP contribution in [0.3, 0.4) is 0 Å². The highest BCUT2D eigenvalue weighted by Gasteiger charge is 2.04. The average molecular weight is 261 g/mol. The van der Waals surface area contributed by atoms with Gasteiger partial charge in [0.2, 0.25) is 0 Å². The molecule has 96 valence electrons. The molecule has 0 saturated heterocycles. The molecule has 0 amide bonds. The van der Waals surface area contributed by atoms with E-state index in [0.29, 0.717) is 0 Å². The molecule has 0 fully saturated rings. The van der Waals surface area contributed by atoms with Gasteiger partial charge in [-0.1, -0.05) is 19.1 Å². The van der Waals surface area contributed by atoms with Crippen molar-refractivity contribution in [1.82, 2.24) is 9.55 Å². The van der Waals surface area contributed by atoms with Crippen molar-refractivity contribution in [2.24, 2.45) is 0 Å². The van der Waals surface area contributed by atoms with Crippen LogP contribution in [-0.2, 0) is 13.1 Å². The first kappa shape index (κ1) is 13.0. The molecule has 18 heavy (non-hydrogen) atoms. The topological polar surface area (TPSA) is 29.9 Å². The van der Waals surface area contributed by atoms with Crippen LogP contribution in [0.15, 0.2) is 41.6 Å². The molecule has 2 aromatic rings. The highest BCUT2D eigenvalue weighted by molar-refractivity contribution is 7.98. The molecule has 0 radical (unpaired) electrons. The number of nitrogens with one attached hydrogen (secondary N) is 1. The molecule has 0 aliphatic rings. The highest BCUT2D eigenvalue weighted by Crippen LogP contribution is 2.24. The molecule has 0 aliphatic heterocycles. The Morgan fingerprint density at radius 1 is 1.33 bits per heavy atom. The lowest BCUT2D eigenvalue weighted by Gasteiger charge is -2.11. The molecule has 0 spiro atoms. The Morgan fingerprint density at radius 3 is 2.94 bits per heavy atom. The van der Waals surface area contributed by atoms with Crippen LogP contribution in [0.25, 0.3) is 0 Å². The van der Waals surface area contributed by atoms with E-state index in [1.807, 2.05) is 12.4 Å². The van der Waals surface area contributed by atoms with Crippen LogP contribution < -0.4 is 5.32 Å². The quantitative estimate of drug-likeness (QED) is 0.805. The summed E-state index contributed by atoms with van der Waals surface area (Å²) < 4.78 is 2.20. The van der Waals surface area contributed by atoms with E-state index in [1.165, 1.54) is 10.6 Å². The minimum Gasteiger partial charge on any atom is -0.377 e. The van der Waals surface area contributed by atoms with Crippen molar-refractivity contribution in [3.8, 4) is 0 Å². The molecular weight excluding hydrogens is 242 g/mol. The predicted molar refractivity (Wildman–Crippen MR) is 78.1 cm³/mol. The van der Waals surface area contributed by atoms with Gasteiger partial charge in [-0.25, -0.2) is 4.98 Å². The normalized spacial score (nSPS) is 10.6. The van der Waals surface area contributed by atoms with Crippen molar-refractivity contribution in [2.45, 2.75) is 31.3 Å².